The summed E-state index contributed by atoms with van der Waals surface area (Å²) in [4.78, 5) is 8.46. The van der Waals surface area contributed by atoms with Crippen LogP contribution in [0, 0.1) is 0 Å². The maximum atomic E-state index is 6.15. The van der Waals surface area contributed by atoms with Crippen molar-refractivity contribution in [2.75, 3.05) is 18.4 Å². The summed E-state index contributed by atoms with van der Waals surface area (Å²) in [6.07, 6.45) is 1.67. The molecule has 0 aliphatic rings. The van der Waals surface area contributed by atoms with E-state index in [9.17, 15) is 0 Å². The van der Waals surface area contributed by atoms with Crippen molar-refractivity contribution in [1.82, 2.24) is 9.97 Å². The van der Waals surface area contributed by atoms with Gasteiger partial charge in [0.25, 0.3) is 0 Å². The lowest BCUT2D eigenvalue weighted by molar-refractivity contribution is 0.990. The van der Waals surface area contributed by atoms with Crippen molar-refractivity contribution >= 4 is 29.2 Å². The fraction of sp³-hybridized carbons (Fsp3) is 0.167. The normalized spacial score (nSPS) is 10.4. The molecule has 2 rings (SSSR count). The monoisotopic (exact) mass is 282 g/mol. The molecule has 1 aromatic heterocycles. The predicted octanol–water partition coefficient (Wildman–Crippen LogP) is 2.82. The zero-order chi connectivity index (χ0) is 13.0. The van der Waals surface area contributed by atoms with Gasteiger partial charge in [-0.3, -0.25) is 0 Å². The van der Waals surface area contributed by atoms with Gasteiger partial charge in [0.15, 0.2) is 0 Å². The van der Waals surface area contributed by atoms with E-state index in [-0.39, 0.29) is 0 Å². The molecule has 0 amide bonds. The predicted molar refractivity (Wildman–Crippen MR) is 75.0 cm³/mol. The largest absolute Gasteiger partial charge is 0.353 e. The Hall–Kier alpha value is -1.36. The molecule has 0 radical (unpaired) electrons. The number of rotatable bonds is 4. The van der Waals surface area contributed by atoms with Crippen LogP contribution in [-0.2, 0) is 0 Å². The van der Waals surface area contributed by atoms with E-state index >= 15 is 0 Å². The maximum Gasteiger partial charge on any atom is 0.223 e. The molecule has 0 aliphatic carbocycles. The number of aromatic nitrogens is 2. The molecule has 0 aliphatic heterocycles. The molecule has 0 atom stereocenters. The Morgan fingerprint density at radius 2 is 2.06 bits per heavy atom. The molecule has 0 bridgehead atoms. The number of anilines is 1. The first-order valence-electron chi connectivity index (χ1n) is 5.43. The van der Waals surface area contributed by atoms with Gasteiger partial charge >= 0.3 is 0 Å². The van der Waals surface area contributed by atoms with Crippen molar-refractivity contribution in [3.63, 3.8) is 0 Å². The van der Waals surface area contributed by atoms with Gasteiger partial charge in [-0.05, 0) is 12.1 Å². The zero-order valence-corrected chi connectivity index (χ0v) is 11.0. The van der Waals surface area contributed by atoms with Gasteiger partial charge in [0.05, 0.1) is 15.7 Å². The minimum absolute atomic E-state index is 0.489. The molecule has 3 N–H and O–H groups in total. The topological polar surface area (TPSA) is 63.8 Å². The molecule has 18 heavy (non-hydrogen) atoms. The van der Waals surface area contributed by atoms with Gasteiger partial charge in [-0.1, -0.05) is 35.3 Å². The van der Waals surface area contributed by atoms with Crippen LogP contribution in [0.5, 0.6) is 0 Å². The van der Waals surface area contributed by atoms with Crippen molar-refractivity contribution in [2.45, 2.75) is 0 Å². The van der Waals surface area contributed by atoms with E-state index in [4.69, 9.17) is 28.9 Å². The molecule has 1 aromatic carbocycles. The van der Waals surface area contributed by atoms with Crippen LogP contribution in [0.4, 0.5) is 5.95 Å². The first-order chi connectivity index (χ1) is 8.72. The van der Waals surface area contributed by atoms with Crippen LogP contribution in [0.2, 0.25) is 10.0 Å². The molecule has 4 nitrogen and oxygen atoms in total. The summed E-state index contributed by atoms with van der Waals surface area (Å²) in [6.45, 7) is 1.14. The van der Waals surface area contributed by atoms with Crippen molar-refractivity contribution in [3.05, 3.63) is 40.5 Å². The summed E-state index contributed by atoms with van der Waals surface area (Å²) < 4.78 is 0. The number of nitrogens with zero attached hydrogens (tertiary/aromatic N) is 2. The number of nitrogens with two attached hydrogens (primary N) is 1. The van der Waals surface area contributed by atoms with Crippen molar-refractivity contribution in [3.8, 4) is 11.3 Å². The van der Waals surface area contributed by atoms with E-state index in [1.54, 1.807) is 18.3 Å². The molecule has 0 saturated carbocycles. The third-order valence-corrected chi connectivity index (χ3v) is 3.13. The Kier molecular flexibility index (Phi) is 4.36. The third-order valence-electron chi connectivity index (χ3n) is 2.31. The molecule has 0 saturated heterocycles. The summed E-state index contributed by atoms with van der Waals surface area (Å²) in [5.41, 5.74) is 6.91. The average Bonchev–Trinajstić information content (AvgIpc) is 2.40. The maximum absolute atomic E-state index is 6.15. The van der Waals surface area contributed by atoms with Gasteiger partial charge in [-0.2, -0.15) is 0 Å². The van der Waals surface area contributed by atoms with E-state index in [1.165, 1.54) is 0 Å². The highest BCUT2D eigenvalue weighted by Crippen LogP contribution is 2.32. The minimum Gasteiger partial charge on any atom is -0.353 e. The Morgan fingerprint density at radius 3 is 2.83 bits per heavy atom. The van der Waals surface area contributed by atoms with Gasteiger partial charge in [-0.15, -0.1) is 0 Å². The van der Waals surface area contributed by atoms with Gasteiger partial charge < -0.3 is 11.1 Å². The smallest absolute Gasteiger partial charge is 0.223 e. The second kappa shape index (κ2) is 6.00. The van der Waals surface area contributed by atoms with Crippen LogP contribution in [0.3, 0.4) is 0 Å². The van der Waals surface area contributed by atoms with Crippen LogP contribution in [0.25, 0.3) is 11.3 Å². The summed E-state index contributed by atoms with van der Waals surface area (Å²) in [7, 11) is 0. The molecular formula is C12H12Cl2N4. The first-order valence-corrected chi connectivity index (χ1v) is 6.19. The van der Waals surface area contributed by atoms with Crippen LogP contribution < -0.4 is 11.1 Å². The molecular weight excluding hydrogens is 271 g/mol. The number of benzene rings is 1. The van der Waals surface area contributed by atoms with Crippen LogP contribution in [0.15, 0.2) is 30.5 Å². The fourth-order valence-electron chi connectivity index (χ4n) is 1.48. The molecule has 94 valence electrons. The standard InChI is InChI=1S/C12H12Cl2N4/c13-9-3-1-2-8(11(9)14)10-4-6-16-12(18-10)17-7-5-15/h1-4,6H,5,7,15H2,(H,16,17,18). The highest BCUT2D eigenvalue weighted by molar-refractivity contribution is 6.43. The molecule has 6 heteroatoms. The summed E-state index contributed by atoms with van der Waals surface area (Å²) in [5, 5.41) is 4.01. The quantitative estimate of drug-likeness (QED) is 0.905. The molecule has 0 unspecified atom stereocenters. The summed E-state index contributed by atoms with van der Waals surface area (Å²) in [6, 6.07) is 7.22. The molecule has 2 aromatic rings. The molecule has 0 fully saturated rings. The minimum atomic E-state index is 0.489. The van der Waals surface area contributed by atoms with E-state index < -0.39 is 0 Å². The van der Waals surface area contributed by atoms with E-state index in [0.717, 1.165) is 11.3 Å². The number of nitrogens with one attached hydrogen (secondary N) is 1. The lowest BCUT2D eigenvalue weighted by atomic mass is 10.1. The van der Waals surface area contributed by atoms with Gasteiger partial charge in [0.2, 0.25) is 5.95 Å². The number of halogens is 2. The average molecular weight is 283 g/mol. The Labute approximate surface area is 115 Å². The van der Waals surface area contributed by atoms with Gasteiger partial charge in [0.1, 0.15) is 0 Å². The van der Waals surface area contributed by atoms with E-state index in [1.807, 2.05) is 12.1 Å². The Balaban J connectivity index is 2.35. The summed E-state index contributed by atoms with van der Waals surface area (Å²) in [5.74, 6) is 0.522. The first kappa shape index (κ1) is 13.1. The SMILES string of the molecule is NCCNc1nccc(-c2cccc(Cl)c2Cl)n1. The zero-order valence-electron chi connectivity index (χ0n) is 9.53. The second-order valence-electron chi connectivity index (χ2n) is 3.58. The fourth-order valence-corrected chi connectivity index (χ4v) is 1.88. The lowest BCUT2D eigenvalue weighted by Crippen LogP contribution is -2.14. The van der Waals surface area contributed by atoms with Gasteiger partial charge in [-0.25, -0.2) is 9.97 Å². The third kappa shape index (κ3) is 2.90. The highest BCUT2D eigenvalue weighted by atomic mass is 35.5. The van der Waals surface area contributed by atoms with Gasteiger partial charge in [0, 0.05) is 24.8 Å². The van der Waals surface area contributed by atoms with Crippen LogP contribution in [0.1, 0.15) is 0 Å². The van der Waals surface area contributed by atoms with Crippen molar-refractivity contribution < 1.29 is 0 Å². The van der Waals surface area contributed by atoms with E-state index in [0.29, 0.717) is 29.1 Å². The number of hydrogen-bond donors (Lipinski definition) is 2. The van der Waals surface area contributed by atoms with Crippen molar-refractivity contribution in [2.24, 2.45) is 5.73 Å². The van der Waals surface area contributed by atoms with Crippen LogP contribution >= 0.6 is 23.2 Å². The molecule has 0 spiro atoms. The number of hydrogen-bond acceptors (Lipinski definition) is 4. The Morgan fingerprint density at radius 1 is 1.22 bits per heavy atom. The second-order valence-corrected chi connectivity index (χ2v) is 4.37. The van der Waals surface area contributed by atoms with Crippen LogP contribution in [-0.4, -0.2) is 23.1 Å². The lowest BCUT2D eigenvalue weighted by Gasteiger charge is -2.07. The highest BCUT2D eigenvalue weighted by Gasteiger charge is 2.08. The molecule has 1 heterocycles. The Bertz CT molecular complexity index is 545. The summed E-state index contributed by atoms with van der Waals surface area (Å²) >= 11 is 12.1. The van der Waals surface area contributed by atoms with Crippen molar-refractivity contribution in [1.29, 1.82) is 0 Å². The van der Waals surface area contributed by atoms with E-state index in [2.05, 4.69) is 15.3 Å².